The molecule has 0 heterocycles. The summed E-state index contributed by atoms with van der Waals surface area (Å²) in [5.74, 6) is -1.27. The quantitative estimate of drug-likeness (QED) is 0.530. The van der Waals surface area contributed by atoms with Gasteiger partial charge in [-0.3, -0.25) is 9.59 Å². The molecule has 3 heteroatoms. The largest absolute Gasteiger partial charge is 0.481 e. The van der Waals surface area contributed by atoms with Crippen molar-refractivity contribution in [3.63, 3.8) is 0 Å². The third-order valence-corrected chi connectivity index (χ3v) is 3.19. The fourth-order valence-corrected chi connectivity index (χ4v) is 1.57. The highest BCUT2D eigenvalue weighted by Gasteiger charge is 2.34. The van der Waals surface area contributed by atoms with Crippen LogP contribution in [-0.4, -0.2) is 16.9 Å². The van der Waals surface area contributed by atoms with Crippen LogP contribution in [0.5, 0.6) is 0 Å². The number of aliphatic carboxylic acids is 1. The van der Waals surface area contributed by atoms with Gasteiger partial charge in [0, 0.05) is 6.42 Å². The highest BCUT2D eigenvalue weighted by molar-refractivity contribution is 6.02. The third kappa shape index (κ3) is 6.94. The van der Waals surface area contributed by atoms with E-state index in [-0.39, 0.29) is 5.78 Å². The zero-order chi connectivity index (χ0) is 15.1. The number of hydrogen-bond donors (Lipinski definition) is 1. The van der Waals surface area contributed by atoms with Crippen LogP contribution >= 0.6 is 0 Å². The number of carbonyl (C=O) groups excluding carboxylic acids is 1. The van der Waals surface area contributed by atoms with E-state index in [2.05, 4.69) is 19.9 Å². The zero-order valence-electron chi connectivity index (χ0n) is 12.7. The van der Waals surface area contributed by atoms with Crippen LogP contribution in [0.2, 0.25) is 0 Å². The van der Waals surface area contributed by atoms with Gasteiger partial charge in [0.2, 0.25) is 0 Å². The van der Waals surface area contributed by atoms with Gasteiger partial charge in [0.25, 0.3) is 0 Å². The van der Waals surface area contributed by atoms with E-state index in [1.807, 2.05) is 13.0 Å². The Balaban J connectivity index is 4.18. The van der Waals surface area contributed by atoms with Crippen LogP contribution in [0.4, 0.5) is 0 Å². The van der Waals surface area contributed by atoms with Crippen molar-refractivity contribution in [2.24, 2.45) is 5.41 Å². The smallest absolute Gasteiger partial charge is 0.316 e. The summed E-state index contributed by atoms with van der Waals surface area (Å²) >= 11 is 0. The molecule has 19 heavy (non-hydrogen) atoms. The van der Waals surface area contributed by atoms with Gasteiger partial charge in [-0.2, -0.15) is 0 Å². The Hall–Kier alpha value is -1.38. The van der Waals surface area contributed by atoms with Crippen molar-refractivity contribution in [1.29, 1.82) is 0 Å². The Morgan fingerprint density at radius 3 is 2.00 bits per heavy atom. The van der Waals surface area contributed by atoms with Crippen molar-refractivity contribution >= 4 is 11.8 Å². The van der Waals surface area contributed by atoms with Crippen molar-refractivity contribution in [3.8, 4) is 0 Å². The van der Waals surface area contributed by atoms with E-state index in [0.717, 1.165) is 12.8 Å². The number of allylic oxidation sites excluding steroid dienone is 4. The molecule has 0 aliphatic carbocycles. The third-order valence-electron chi connectivity index (χ3n) is 3.19. The molecule has 0 amide bonds. The Bertz CT molecular complexity index is 383. The molecular weight excluding hydrogens is 240 g/mol. The molecule has 0 rings (SSSR count). The van der Waals surface area contributed by atoms with Gasteiger partial charge in [0.1, 0.15) is 11.2 Å². The maximum absolute atomic E-state index is 11.8. The summed E-state index contributed by atoms with van der Waals surface area (Å²) < 4.78 is 0. The summed E-state index contributed by atoms with van der Waals surface area (Å²) in [4.78, 5) is 22.7. The van der Waals surface area contributed by atoms with E-state index in [4.69, 9.17) is 5.11 Å². The molecule has 3 nitrogen and oxygen atoms in total. The summed E-state index contributed by atoms with van der Waals surface area (Å²) in [6, 6.07) is 0. The van der Waals surface area contributed by atoms with Crippen LogP contribution in [0.3, 0.4) is 0 Å². The average Bonchev–Trinajstić information content (AvgIpc) is 2.27. The van der Waals surface area contributed by atoms with Gasteiger partial charge in [-0.15, -0.1) is 0 Å². The molecule has 0 unspecified atom stereocenters. The first-order valence-electron chi connectivity index (χ1n) is 6.73. The number of carboxylic acids is 1. The fourth-order valence-electron chi connectivity index (χ4n) is 1.57. The zero-order valence-corrected chi connectivity index (χ0v) is 12.7. The van der Waals surface area contributed by atoms with Crippen LogP contribution in [0.25, 0.3) is 0 Å². The first-order chi connectivity index (χ1) is 8.67. The molecule has 0 radical (unpaired) electrons. The minimum atomic E-state index is -1.27. The van der Waals surface area contributed by atoms with Crippen molar-refractivity contribution in [2.75, 3.05) is 0 Å². The fraction of sp³-hybridized carbons (Fsp3) is 0.625. The highest BCUT2D eigenvalue weighted by atomic mass is 16.4. The van der Waals surface area contributed by atoms with E-state index in [0.29, 0.717) is 12.8 Å². The van der Waals surface area contributed by atoms with Gasteiger partial charge >= 0.3 is 5.97 Å². The minimum Gasteiger partial charge on any atom is -0.481 e. The Kier molecular flexibility index (Phi) is 7.35. The van der Waals surface area contributed by atoms with E-state index in [9.17, 15) is 9.59 Å². The predicted octanol–water partition coefficient (Wildman–Crippen LogP) is 4.14. The molecule has 0 saturated heterocycles. The molecule has 0 aromatic heterocycles. The molecule has 0 spiro atoms. The molecule has 0 bridgehead atoms. The first-order valence-corrected chi connectivity index (χ1v) is 6.73. The van der Waals surface area contributed by atoms with Crippen molar-refractivity contribution in [3.05, 3.63) is 23.3 Å². The first kappa shape index (κ1) is 17.6. The minimum absolute atomic E-state index is 0.214. The molecule has 108 valence electrons. The van der Waals surface area contributed by atoms with Gasteiger partial charge in [0.05, 0.1) is 0 Å². The van der Waals surface area contributed by atoms with Gasteiger partial charge in [0.15, 0.2) is 0 Å². The second-order valence-corrected chi connectivity index (χ2v) is 5.76. The Labute approximate surface area is 116 Å². The molecule has 0 aliphatic rings. The van der Waals surface area contributed by atoms with E-state index in [1.54, 1.807) is 0 Å². The summed E-state index contributed by atoms with van der Waals surface area (Å²) in [5.41, 5.74) is 1.29. The normalized spacial score (nSPS) is 12.2. The second kappa shape index (κ2) is 7.93. The molecule has 0 aromatic carbocycles. The van der Waals surface area contributed by atoms with E-state index >= 15 is 0 Å². The number of carbonyl (C=O) groups is 2. The van der Waals surface area contributed by atoms with Gasteiger partial charge in [-0.1, -0.05) is 23.3 Å². The van der Waals surface area contributed by atoms with Crippen LogP contribution in [0, 0.1) is 5.41 Å². The van der Waals surface area contributed by atoms with Crippen molar-refractivity contribution < 1.29 is 14.7 Å². The van der Waals surface area contributed by atoms with E-state index < -0.39 is 11.4 Å². The van der Waals surface area contributed by atoms with E-state index in [1.165, 1.54) is 25.0 Å². The van der Waals surface area contributed by atoms with Crippen LogP contribution < -0.4 is 0 Å². The molecule has 0 fully saturated rings. The maximum atomic E-state index is 11.8. The lowest BCUT2D eigenvalue weighted by atomic mass is 9.86. The summed E-state index contributed by atoms with van der Waals surface area (Å²) in [7, 11) is 0. The molecule has 0 aromatic rings. The van der Waals surface area contributed by atoms with Gasteiger partial charge < -0.3 is 5.11 Å². The number of hydrogen-bond acceptors (Lipinski definition) is 2. The summed E-state index contributed by atoms with van der Waals surface area (Å²) in [5, 5.41) is 8.95. The highest BCUT2D eigenvalue weighted by Crippen LogP contribution is 2.20. The molecule has 0 aliphatic heterocycles. The number of Topliss-reactive ketones (excluding diaryl/α,β-unsaturated/α-hetero) is 1. The van der Waals surface area contributed by atoms with Crippen molar-refractivity contribution in [2.45, 2.75) is 60.3 Å². The maximum Gasteiger partial charge on any atom is 0.316 e. The van der Waals surface area contributed by atoms with Crippen molar-refractivity contribution in [1.82, 2.24) is 0 Å². The number of rotatable bonds is 8. The lowest BCUT2D eigenvalue weighted by Crippen LogP contribution is -2.32. The summed E-state index contributed by atoms with van der Waals surface area (Å²) in [6.07, 6.45) is 7.14. The number of ketones is 1. The Morgan fingerprint density at radius 2 is 1.53 bits per heavy atom. The second-order valence-electron chi connectivity index (χ2n) is 5.76. The number of carboxylic acid groups (broad SMARTS) is 1. The molecule has 1 N–H and O–H groups in total. The van der Waals surface area contributed by atoms with Crippen LogP contribution in [0.15, 0.2) is 23.3 Å². The molecule has 0 atom stereocenters. The standard InChI is InChI=1S/C16H26O3/c1-12(2)8-6-9-13(3)10-7-11-14(17)16(4,5)15(18)19/h8,10H,6-7,9,11H2,1-5H3,(H,18,19)/b13-10+. The lowest BCUT2D eigenvalue weighted by molar-refractivity contribution is -0.152. The lowest BCUT2D eigenvalue weighted by Gasteiger charge is -2.16. The summed E-state index contributed by atoms with van der Waals surface area (Å²) in [6.45, 7) is 9.12. The van der Waals surface area contributed by atoms with Crippen LogP contribution in [0.1, 0.15) is 60.3 Å². The Morgan fingerprint density at radius 1 is 1.00 bits per heavy atom. The van der Waals surface area contributed by atoms with Crippen LogP contribution in [-0.2, 0) is 9.59 Å². The van der Waals surface area contributed by atoms with Gasteiger partial charge in [-0.05, 0) is 53.9 Å². The average molecular weight is 266 g/mol. The SMILES string of the molecule is CC(C)=CCC/C(C)=C/CCC(=O)C(C)(C)C(=O)O. The predicted molar refractivity (Wildman–Crippen MR) is 78.1 cm³/mol. The topological polar surface area (TPSA) is 54.4 Å². The molecule has 0 saturated carbocycles. The molecular formula is C16H26O3. The monoisotopic (exact) mass is 266 g/mol. The van der Waals surface area contributed by atoms with Gasteiger partial charge in [-0.25, -0.2) is 0 Å².